The molecule has 1 aliphatic rings. The number of hydrogen-bond acceptors (Lipinski definition) is 7. The van der Waals surface area contributed by atoms with Crippen molar-refractivity contribution in [3.8, 4) is 0 Å². The summed E-state index contributed by atoms with van der Waals surface area (Å²) in [5.74, 6) is 0.900. The van der Waals surface area contributed by atoms with Crippen LogP contribution in [0.4, 0.5) is 15.7 Å². The zero-order chi connectivity index (χ0) is 18.7. The number of aromatic nitrogens is 3. The number of aryl methyl sites for hydroxylation is 1. The van der Waals surface area contributed by atoms with Gasteiger partial charge in [-0.3, -0.25) is 0 Å². The van der Waals surface area contributed by atoms with Crippen LogP contribution < -0.4 is 5.32 Å². The number of thiazole rings is 1. The van der Waals surface area contributed by atoms with E-state index in [0.717, 1.165) is 40.9 Å². The summed E-state index contributed by atoms with van der Waals surface area (Å²) in [5, 5.41) is 4.03. The van der Waals surface area contributed by atoms with Crippen molar-refractivity contribution >= 4 is 28.4 Å². The smallest absolute Gasteiger partial charge is 0.410 e. The molecule has 2 aromatic heterocycles. The molecule has 1 atom stereocenters. The van der Waals surface area contributed by atoms with Crippen molar-refractivity contribution in [1.82, 2.24) is 19.9 Å². The standard InChI is InChI=1S/C18H25N5O2S/c1-12-9-19-16(26-12)22-15-8-14(20-11-21-15)13-6-5-7-23(10-13)17(24)25-18(2,3)4/h8-9,11,13H,5-7,10H2,1-4H3,(H,19,20,21,22). The van der Waals surface area contributed by atoms with Gasteiger partial charge in [-0.15, -0.1) is 11.3 Å². The molecule has 8 heteroatoms. The summed E-state index contributed by atoms with van der Waals surface area (Å²) in [6, 6.07) is 1.94. The second-order valence-electron chi connectivity index (χ2n) is 7.49. The number of nitrogens with zero attached hydrogens (tertiary/aromatic N) is 4. The molecular formula is C18H25N5O2S. The lowest BCUT2D eigenvalue weighted by atomic mass is 9.94. The van der Waals surface area contributed by atoms with E-state index in [1.54, 1.807) is 22.6 Å². The van der Waals surface area contributed by atoms with E-state index < -0.39 is 5.60 Å². The van der Waals surface area contributed by atoms with Crippen molar-refractivity contribution in [3.05, 3.63) is 29.2 Å². The lowest BCUT2D eigenvalue weighted by Crippen LogP contribution is -2.42. The normalized spacial score (nSPS) is 17.8. The molecule has 0 spiro atoms. The highest BCUT2D eigenvalue weighted by Gasteiger charge is 2.29. The third-order valence-corrected chi connectivity index (χ3v) is 4.86. The van der Waals surface area contributed by atoms with E-state index in [9.17, 15) is 4.79 Å². The fraction of sp³-hybridized carbons (Fsp3) is 0.556. The van der Waals surface area contributed by atoms with Crippen molar-refractivity contribution < 1.29 is 9.53 Å². The van der Waals surface area contributed by atoms with Crippen molar-refractivity contribution in [2.75, 3.05) is 18.4 Å². The Labute approximate surface area is 157 Å². The number of ether oxygens (including phenoxy) is 1. The Morgan fingerprint density at radius 3 is 2.85 bits per heavy atom. The van der Waals surface area contributed by atoms with Crippen LogP contribution in [0.2, 0.25) is 0 Å². The zero-order valence-corrected chi connectivity index (χ0v) is 16.5. The maximum Gasteiger partial charge on any atom is 0.410 e. The summed E-state index contributed by atoms with van der Waals surface area (Å²) in [5.41, 5.74) is 0.450. The van der Waals surface area contributed by atoms with Gasteiger partial charge in [0.1, 0.15) is 17.7 Å². The molecule has 140 valence electrons. The van der Waals surface area contributed by atoms with E-state index in [1.807, 2.05) is 40.0 Å². The molecule has 1 saturated heterocycles. The van der Waals surface area contributed by atoms with Gasteiger partial charge >= 0.3 is 6.09 Å². The molecule has 1 aliphatic heterocycles. The second-order valence-corrected chi connectivity index (χ2v) is 8.73. The first kappa shape index (κ1) is 18.6. The Morgan fingerprint density at radius 2 is 2.15 bits per heavy atom. The fourth-order valence-electron chi connectivity index (χ4n) is 2.90. The van der Waals surface area contributed by atoms with E-state index in [1.165, 1.54) is 0 Å². The van der Waals surface area contributed by atoms with E-state index in [4.69, 9.17) is 4.74 Å². The zero-order valence-electron chi connectivity index (χ0n) is 15.7. The molecule has 0 aromatic carbocycles. The highest BCUT2D eigenvalue weighted by molar-refractivity contribution is 7.15. The van der Waals surface area contributed by atoms with E-state index in [2.05, 4.69) is 20.3 Å². The monoisotopic (exact) mass is 375 g/mol. The van der Waals surface area contributed by atoms with Crippen LogP contribution in [-0.2, 0) is 4.74 Å². The maximum atomic E-state index is 12.4. The molecule has 3 rings (SSSR count). The molecule has 3 heterocycles. The highest BCUT2D eigenvalue weighted by Crippen LogP contribution is 2.28. The van der Waals surface area contributed by atoms with Crippen molar-refractivity contribution in [2.24, 2.45) is 0 Å². The van der Waals surface area contributed by atoms with Crippen molar-refractivity contribution in [2.45, 2.75) is 52.1 Å². The van der Waals surface area contributed by atoms with E-state index in [0.29, 0.717) is 6.54 Å². The van der Waals surface area contributed by atoms with Gasteiger partial charge in [0, 0.05) is 36.1 Å². The second kappa shape index (κ2) is 7.57. The molecular weight excluding hydrogens is 350 g/mol. The predicted molar refractivity (Wildman–Crippen MR) is 102 cm³/mol. The van der Waals surface area contributed by atoms with Gasteiger partial charge in [-0.05, 0) is 40.5 Å². The van der Waals surface area contributed by atoms with Crippen LogP contribution in [0.3, 0.4) is 0 Å². The Hall–Kier alpha value is -2.22. The van der Waals surface area contributed by atoms with Crippen LogP contribution in [0.1, 0.15) is 50.1 Å². The molecule has 1 fully saturated rings. The highest BCUT2D eigenvalue weighted by atomic mass is 32.1. The summed E-state index contributed by atoms with van der Waals surface area (Å²) in [4.78, 5) is 28.3. The third kappa shape index (κ3) is 4.91. The predicted octanol–water partition coefficient (Wildman–Crippen LogP) is 4.10. The van der Waals surface area contributed by atoms with Gasteiger partial charge in [0.2, 0.25) is 0 Å². The summed E-state index contributed by atoms with van der Waals surface area (Å²) < 4.78 is 5.50. The number of carbonyl (C=O) groups excluding carboxylic acids is 1. The van der Waals surface area contributed by atoms with Crippen molar-refractivity contribution in [1.29, 1.82) is 0 Å². The Kier molecular flexibility index (Phi) is 5.41. The van der Waals surface area contributed by atoms with E-state index >= 15 is 0 Å². The number of anilines is 2. The van der Waals surface area contributed by atoms with Crippen LogP contribution >= 0.6 is 11.3 Å². The number of rotatable bonds is 3. The summed E-state index contributed by atoms with van der Waals surface area (Å²) in [6.07, 6.45) is 5.06. The molecule has 7 nitrogen and oxygen atoms in total. The van der Waals surface area contributed by atoms with Gasteiger partial charge in [0.05, 0.1) is 5.69 Å². The van der Waals surface area contributed by atoms with Gasteiger partial charge < -0.3 is 15.0 Å². The Balaban J connectivity index is 1.68. The van der Waals surface area contributed by atoms with Crippen LogP contribution in [0, 0.1) is 6.92 Å². The first-order chi connectivity index (χ1) is 12.3. The summed E-state index contributed by atoms with van der Waals surface area (Å²) in [6.45, 7) is 9.00. The minimum absolute atomic E-state index is 0.179. The van der Waals surface area contributed by atoms with Gasteiger partial charge in [-0.1, -0.05) is 0 Å². The van der Waals surface area contributed by atoms with Crippen LogP contribution in [0.15, 0.2) is 18.6 Å². The topological polar surface area (TPSA) is 80.2 Å². The van der Waals surface area contributed by atoms with Crippen molar-refractivity contribution in [3.63, 3.8) is 0 Å². The molecule has 0 saturated carbocycles. The SMILES string of the molecule is Cc1cnc(Nc2cc(C3CCCN(C(=O)OC(C)(C)C)C3)ncn2)s1. The molecule has 1 amide bonds. The molecule has 0 aliphatic carbocycles. The fourth-order valence-corrected chi connectivity index (χ4v) is 3.57. The molecule has 26 heavy (non-hydrogen) atoms. The first-order valence-electron chi connectivity index (χ1n) is 8.79. The van der Waals surface area contributed by atoms with Gasteiger partial charge in [0.15, 0.2) is 5.13 Å². The number of likely N-dealkylation sites (tertiary alicyclic amines) is 1. The van der Waals surface area contributed by atoms with E-state index in [-0.39, 0.29) is 12.0 Å². The number of hydrogen-bond donors (Lipinski definition) is 1. The lowest BCUT2D eigenvalue weighted by Gasteiger charge is -2.33. The average Bonchev–Trinajstić information content (AvgIpc) is 2.98. The Morgan fingerprint density at radius 1 is 1.35 bits per heavy atom. The largest absolute Gasteiger partial charge is 0.444 e. The lowest BCUT2D eigenvalue weighted by molar-refractivity contribution is 0.0197. The minimum Gasteiger partial charge on any atom is -0.444 e. The molecule has 0 radical (unpaired) electrons. The summed E-state index contributed by atoms with van der Waals surface area (Å²) >= 11 is 1.58. The quantitative estimate of drug-likeness (QED) is 0.870. The Bertz CT molecular complexity index is 771. The maximum absolute atomic E-state index is 12.4. The number of amides is 1. The molecule has 0 bridgehead atoms. The number of carbonyl (C=O) groups is 1. The molecule has 1 N–H and O–H groups in total. The molecule has 1 unspecified atom stereocenters. The van der Waals surface area contributed by atoms with Gasteiger partial charge in [-0.25, -0.2) is 19.7 Å². The van der Waals surface area contributed by atoms with Crippen LogP contribution in [-0.4, -0.2) is 44.6 Å². The van der Waals surface area contributed by atoms with Gasteiger partial charge in [-0.2, -0.15) is 0 Å². The summed E-state index contributed by atoms with van der Waals surface area (Å²) in [7, 11) is 0. The average molecular weight is 375 g/mol. The van der Waals surface area contributed by atoms with Gasteiger partial charge in [0.25, 0.3) is 0 Å². The number of nitrogens with one attached hydrogen (secondary N) is 1. The minimum atomic E-state index is -0.484. The first-order valence-corrected chi connectivity index (χ1v) is 9.61. The molecule has 2 aromatic rings. The number of piperidine rings is 1. The van der Waals surface area contributed by atoms with Crippen LogP contribution in [0.5, 0.6) is 0 Å². The van der Waals surface area contributed by atoms with Crippen LogP contribution in [0.25, 0.3) is 0 Å². The third-order valence-electron chi connectivity index (χ3n) is 4.04.